The minimum atomic E-state index is -0.977. The number of nitrogens with zero attached hydrogens (tertiary/aromatic N) is 1. The highest BCUT2D eigenvalue weighted by molar-refractivity contribution is 5.91. The lowest BCUT2D eigenvalue weighted by Gasteiger charge is -2.32. The van der Waals surface area contributed by atoms with E-state index in [1.165, 1.54) is 12.6 Å². The summed E-state index contributed by atoms with van der Waals surface area (Å²) in [6, 6.07) is 3.91. The van der Waals surface area contributed by atoms with Gasteiger partial charge in [0.05, 0.1) is 5.69 Å². The Labute approximate surface area is 107 Å². The largest absolute Gasteiger partial charge is 0.476 e. The van der Waals surface area contributed by atoms with Crippen molar-refractivity contribution < 1.29 is 9.90 Å². The van der Waals surface area contributed by atoms with Crippen molar-refractivity contribution >= 4 is 11.7 Å². The molecular formula is C14H20N2O2. The fourth-order valence-electron chi connectivity index (χ4n) is 2.98. The zero-order valence-electron chi connectivity index (χ0n) is 10.9. The Hall–Kier alpha value is -1.58. The molecule has 2 N–H and O–H groups in total. The van der Waals surface area contributed by atoms with Gasteiger partial charge in [0.25, 0.3) is 0 Å². The molecule has 2 unspecified atom stereocenters. The lowest BCUT2D eigenvalue weighted by molar-refractivity contribution is 0.0691. The van der Waals surface area contributed by atoms with Crippen LogP contribution >= 0.6 is 0 Å². The van der Waals surface area contributed by atoms with E-state index in [4.69, 9.17) is 5.11 Å². The van der Waals surface area contributed by atoms with Gasteiger partial charge in [0.2, 0.25) is 0 Å². The molecule has 4 heteroatoms. The molecule has 98 valence electrons. The van der Waals surface area contributed by atoms with E-state index in [0.717, 1.165) is 12.8 Å². The highest BCUT2D eigenvalue weighted by atomic mass is 16.4. The van der Waals surface area contributed by atoms with Gasteiger partial charge in [-0.15, -0.1) is 0 Å². The molecule has 1 aliphatic carbocycles. The molecule has 0 radical (unpaired) electrons. The summed E-state index contributed by atoms with van der Waals surface area (Å²) < 4.78 is 0. The molecule has 2 atom stereocenters. The third-order valence-corrected chi connectivity index (χ3v) is 3.55. The topological polar surface area (TPSA) is 62.2 Å². The minimum Gasteiger partial charge on any atom is -0.476 e. The number of carbonyl (C=O) groups is 1. The minimum absolute atomic E-state index is 0.114. The molecule has 1 aromatic heterocycles. The molecule has 0 aromatic carbocycles. The molecule has 1 aromatic rings. The van der Waals surface area contributed by atoms with Gasteiger partial charge in [-0.1, -0.05) is 13.8 Å². The number of hydrogen-bond acceptors (Lipinski definition) is 3. The van der Waals surface area contributed by atoms with Crippen LogP contribution < -0.4 is 5.32 Å². The van der Waals surface area contributed by atoms with Crippen LogP contribution in [0, 0.1) is 11.8 Å². The van der Waals surface area contributed by atoms with E-state index in [2.05, 4.69) is 24.1 Å². The van der Waals surface area contributed by atoms with Gasteiger partial charge in [-0.2, -0.15) is 0 Å². The van der Waals surface area contributed by atoms with Gasteiger partial charge in [0.15, 0.2) is 5.69 Å². The van der Waals surface area contributed by atoms with Crippen molar-refractivity contribution in [3.63, 3.8) is 0 Å². The maximum Gasteiger partial charge on any atom is 0.356 e. The summed E-state index contributed by atoms with van der Waals surface area (Å²) >= 11 is 0. The van der Waals surface area contributed by atoms with Crippen LogP contribution in [0.4, 0.5) is 5.69 Å². The fraction of sp³-hybridized carbons (Fsp3) is 0.571. The Kier molecular flexibility index (Phi) is 3.84. The lowest BCUT2D eigenvalue weighted by Crippen LogP contribution is -2.30. The van der Waals surface area contributed by atoms with E-state index in [9.17, 15) is 4.79 Å². The van der Waals surface area contributed by atoms with Crippen molar-refractivity contribution in [2.45, 2.75) is 39.2 Å². The predicted molar refractivity (Wildman–Crippen MR) is 70.8 cm³/mol. The average Bonchev–Trinajstić information content (AvgIpc) is 2.27. The smallest absolute Gasteiger partial charge is 0.356 e. The van der Waals surface area contributed by atoms with Gasteiger partial charge in [-0.05, 0) is 43.2 Å². The third kappa shape index (κ3) is 3.00. The second-order valence-corrected chi connectivity index (χ2v) is 5.46. The van der Waals surface area contributed by atoms with Gasteiger partial charge >= 0.3 is 5.97 Å². The van der Waals surface area contributed by atoms with Crippen LogP contribution in [-0.2, 0) is 0 Å². The molecule has 0 aliphatic heterocycles. The number of aromatic carboxylic acids is 1. The molecule has 1 aliphatic rings. The van der Waals surface area contributed by atoms with Crippen molar-refractivity contribution in [1.82, 2.24) is 4.98 Å². The van der Waals surface area contributed by atoms with E-state index < -0.39 is 5.97 Å². The van der Waals surface area contributed by atoms with Crippen molar-refractivity contribution in [1.29, 1.82) is 0 Å². The Balaban J connectivity index is 2.11. The van der Waals surface area contributed by atoms with Crippen molar-refractivity contribution in [3.8, 4) is 0 Å². The summed E-state index contributed by atoms with van der Waals surface area (Å²) in [4.78, 5) is 15.0. The SMILES string of the molecule is CC1CC(C)CC(Nc2cccnc2C(=O)O)C1. The first-order valence-corrected chi connectivity index (χ1v) is 6.51. The van der Waals surface area contributed by atoms with Crippen LogP contribution in [0.25, 0.3) is 0 Å². The summed E-state index contributed by atoms with van der Waals surface area (Å²) in [5, 5.41) is 12.4. The average molecular weight is 248 g/mol. The lowest BCUT2D eigenvalue weighted by atomic mass is 9.80. The van der Waals surface area contributed by atoms with Crippen molar-refractivity contribution in [2.24, 2.45) is 11.8 Å². The highest BCUT2D eigenvalue weighted by Gasteiger charge is 2.25. The fourth-order valence-corrected chi connectivity index (χ4v) is 2.98. The first-order chi connectivity index (χ1) is 8.56. The van der Waals surface area contributed by atoms with Gasteiger partial charge in [-0.25, -0.2) is 9.78 Å². The van der Waals surface area contributed by atoms with Crippen LogP contribution in [0.5, 0.6) is 0 Å². The first-order valence-electron chi connectivity index (χ1n) is 6.51. The van der Waals surface area contributed by atoms with Crippen LogP contribution in [0.2, 0.25) is 0 Å². The van der Waals surface area contributed by atoms with Crippen LogP contribution in [-0.4, -0.2) is 22.1 Å². The Morgan fingerprint density at radius 2 is 2.00 bits per heavy atom. The first kappa shape index (κ1) is 12.9. The van der Waals surface area contributed by atoms with E-state index in [-0.39, 0.29) is 5.69 Å². The number of carboxylic acids is 1. The summed E-state index contributed by atoms with van der Waals surface area (Å²) in [7, 11) is 0. The molecule has 0 saturated heterocycles. The monoisotopic (exact) mass is 248 g/mol. The quantitative estimate of drug-likeness (QED) is 0.863. The predicted octanol–water partition coefficient (Wildman–Crippen LogP) is 3.02. The number of nitrogens with one attached hydrogen (secondary N) is 1. The van der Waals surface area contributed by atoms with E-state index in [1.807, 2.05) is 0 Å². The third-order valence-electron chi connectivity index (χ3n) is 3.55. The molecular weight excluding hydrogens is 228 g/mol. The Morgan fingerprint density at radius 3 is 2.61 bits per heavy atom. The van der Waals surface area contributed by atoms with Gasteiger partial charge in [0.1, 0.15) is 0 Å². The maximum atomic E-state index is 11.1. The van der Waals surface area contributed by atoms with Crippen molar-refractivity contribution in [2.75, 3.05) is 5.32 Å². The maximum absolute atomic E-state index is 11.1. The Bertz CT molecular complexity index is 424. The Morgan fingerprint density at radius 1 is 1.33 bits per heavy atom. The van der Waals surface area contributed by atoms with Gasteiger partial charge in [-0.3, -0.25) is 0 Å². The second-order valence-electron chi connectivity index (χ2n) is 5.46. The van der Waals surface area contributed by atoms with Crippen LogP contribution in [0.3, 0.4) is 0 Å². The number of aromatic nitrogens is 1. The molecule has 2 rings (SSSR count). The van der Waals surface area contributed by atoms with Crippen molar-refractivity contribution in [3.05, 3.63) is 24.0 Å². The molecule has 0 spiro atoms. The highest BCUT2D eigenvalue weighted by Crippen LogP contribution is 2.30. The molecule has 18 heavy (non-hydrogen) atoms. The molecule has 0 bridgehead atoms. The molecule has 1 fully saturated rings. The number of carboxylic acid groups (broad SMARTS) is 1. The number of anilines is 1. The second kappa shape index (κ2) is 5.38. The standard InChI is InChI=1S/C14H20N2O2/c1-9-6-10(2)8-11(7-9)16-12-4-3-5-15-13(12)14(17)18/h3-5,9-11,16H,6-8H2,1-2H3,(H,17,18). The van der Waals surface area contributed by atoms with E-state index in [1.54, 1.807) is 12.1 Å². The number of hydrogen-bond donors (Lipinski definition) is 2. The molecule has 1 saturated carbocycles. The van der Waals surface area contributed by atoms with Gasteiger partial charge in [0, 0.05) is 12.2 Å². The number of pyridine rings is 1. The summed E-state index contributed by atoms with van der Waals surface area (Å²) in [6.45, 7) is 4.51. The summed E-state index contributed by atoms with van der Waals surface area (Å²) in [5.74, 6) is 0.405. The molecule has 4 nitrogen and oxygen atoms in total. The zero-order valence-corrected chi connectivity index (χ0v) is 10.9. The van der Waals surface area contributed by atoms with E-state index in [0.29, 0.717) is 23.6 Å². The van der Waals surface area contributed by atoms with Gasteiger partial charge < -0.3 is 10.4 Å². The number of rotatable bonds is 3. The van der Waals surface area contributed by atoms with Crippen LogP contribution in [0.15, 0.2) is 18.3 Å². The summed E-state index contributed by atoms with van der Waals surface area (Å²) in [5.41, 5.74) is 0.750. The van der Waals surface area contributed by atoms with Crippen LogP contribution in [0.1, 0.15) is 43.6 Å². The molecule has 0 amide bonds. The normalized spacial score (nSPS) is 27.8. The summed E-state index contributed by atoms with van der Waals surface area (Å²) in [6.07, 6.45) is 4.97. The van der Waals surface area contributed by atoms with E-state index >= 15 is 0 Å². The zero-order chi connectivity index (χ0) is 13.1. The molecule has 1 heterocycles.